The summed E-state index contributed by atoms with van der Waals surface area (Å²) in [7, 11) is 0. The molecule has 0 aromatic heterocycles. The van der Waals surface area contributed by atoms with E-state index >= 15 is 0 Å². The fraction of sp³-hybridized carbons (Fsp3) is 0.333. The van der Waals surface area contributed by atoms with Crippen LogP contribution in [0.3, 0.4) is 0 Å². The van der Waals surface area contributed by atoms with Gasteiger partial charge in [0, 0.05) is 10.6 Å². The summed E-state index contributed by atoms with van der Waals surface area (Å²) in [5.74, 6) is 0.441. The molecule has 0 radical (unpaired) electrons. The van der Waals surface area contributed by atoms with Crippen LogP contribution in [0.25, 0.3) is 0 Å². The summed E-state index contributed by atoms with van der Waals surface area (Å²) in [5.41, 5.74) is -0.303. The third-order valence-electron chi connectivity index (χ3n) is 2.09. The van der Waals surface area contributed by atoms with E-state index in [0.717, 1.165) is 17.0 Å². The molecule has 0 bridgehead atoms. The lowest BCUT2D eigenvalue weighted by Crippen LogP contribution is -2.06. The molecule has 1 aliphatic rings. The van der Waals surface area contributed by atoms with Gasteiger partial charge in [-0.05, 0) is 23.8 Å². The number of rotatable bonds is 0. The van der Waals surface area contributed by atoms with Crippen LogP contribution in [0.1, 0.15) is 17.2 Å². The smallest absolute Gasteiger partial charge is 0.387 e. The van der Waals surface area contributed by atoms with Crippen molar-refractivity contribution in [2.45, 2.75) is 17.2 Å². The third-order valence-corrected chi connectivity index (χ3v) is 3.26. The molecule has 0 fully saturated rings. The summed E-state index contributed by atoms with van der Waals surface area (Å²) >= 11 is 1.38. The van der Waals surface area contributed by atoms with Crippen LogP contribution in [0.2, 0.25) is 0 Å². The van der Waals surface area contributed by atoms with Crippen LogP contribution in [0.15, 0.2) is 23.1 Å². The molecule has 14 heavy (non-hydrogen) atoms. The van der Waals surface area contributed by atoms with Crippen LogP contribution in [0.4, 0.5) is 13.2 Å². The maximum atomic E-state index is 12.3. The quantitative estimate of drug-likeness (QED) is 0.725. The van der Waals surface area contributed by atoms with Crippen molar-refractivity contribution in [2.24, 2.45) is 0 Å². The van der Waals surface area contributed by atoms with Gasteiger partial charge >= 0.3 is 6.18 Å². The van der Waals surface area contributed by atoms with Crippen molar-refractivity contribution in [2.75, 3.05) is 5.75 Å². The van der Waals surface area contributed by atoms with Gasteiger partial charge in [-0.15, -0.1) is 11.8 Å². The number of hydrogen-bond acceptors (Lipinski definition) is 2. The highest BCUT2D eigenvalue weighted by Crippen LogP contribution is 2.41. The number of thioether (sulfide) groups is 1. The van der Waals surface area contributed by atoms with E-state index in [-0.39, 0.29) is 0 Å². The zero-order valence-electron chi connectivity index (χ0n) is 7.01. The van der Waals surface area contributed by atoms with Crippen LogP contribution < -0.4 is 0 Å². The Morgan fingerprint density at radius 1 is 1.36 bits per heavy atom. The Hall–Kier alpha value is -0.680. The first-order valence-electron chi connectivity index (χ1n) is 4.00. The Morgan fingerprint density at radius 3 is 2.71 bits per heavy atom. The molecule has 2 rings (SSSR count). The maximum absolute atomic E-state index is 12.3. The Kier molecular flexibility index (Phi) is 2.23. The third kappa shape index (κ3) is 1.62. The molecule has 1 nitrogen and oxygen atoms in total. The van der Waals surface area contributed by atoms with E-state index in [2.05, 4.69) is 0 Å². The van der Waals surface area contributed by atoms with Crippen LogP contribution >= 0.6 is 11.8 Å². The van der Waals surface area contributed by atoms with E-state index < -0.39 is 17.8 Å². The molecule has 1 N–H and O–H groups in total. The first kappa shape index (κ1) is 9.86. The molecule has 0 saturated carbocycles. The lowest BCUT2D eigenvalue weighted by Gasteiger charge is -2.09. The molecule has 0 spiro atoms. The van der Waals surface area contributed by atoms with Gasteiger partial charge in [-0.1, -0.05) is 0 Å². The molecule has 0 aliphatic carbocycles. The Bertz CT molecular complexity index is 362. The Labute approximate surface area is 82.9 Å². The van der Waals surface area contributed by atoms with Crippen molar-refractivity contribution in [3.8, 4) is 0 Å². The zero-order chi connectivity index (χ0) is 10.3. The fourth-order valence-electron chi connectivity index (χ4n) is 1.38. The molecule has 76 valence electrons. The molecular formula is C9H7F3OS. The van der Waals surface area contributed by atoms with Crippen molar-refractivity contribution in [3.63, 3.8) is 0 Å². The molecule has 1 atom stereocenters. The molecule has 1 aliphatic heterocycles. The minimum Gasteiger partial charge on any atom is -0.387 e. The molecular weight excluding hydrogens is 213 g/mol. The van der Waals surface area contributed by atoms with Crippen LogP contribution in [0, 0.1) is 0 Å². The summed E-state index contributed by atoms with van der Waals surface area (Å²) in [6.45, 7) is 0. The minimum absolute atomic E-state index is 0.393. The van der Waals surface area contributed by atoms with Crippen LogP contribution in [-0.2, 0) is 6.18 Å². The molecule has 1 aromatic carbocycles. The summed E-state index contributed by atoms with van der Waals surface area (Å²) < 4.78 is 36.9. The minimum atomic E-state index is -4.33. The van der Waals surface area contributed by atoms with E-state index in [4.69, 9.17) is 0 Å². The number of halogens is 3. The van der Waals surface area contributed by atoms with Crippen molar-refractivity contribution >= 4 is 11.8 Å². The zero-order valence-corrected chi connectivity index (χ0v) is 7.82. The van der Waals surface area contributed by atoms with Gasteiger partial charge in [0.15, 0.2) is 0 Å². The fourth-order valence-corrected chi connectivity index (χ4v) is 2.42. The van der Waals surface area contributed by atoms with Gasteiger partial charge in [-0.2, -0.15) is 13.2 Å². The molecule has 1 unspecified atom stereocenters. The highest BCUT2D eigenvalue weighted by Gasteiger charge is 2.32. The Morgan fingerprint density at radius 2 is 2.07 bits per heavy atom. The maximum Gasteiger partial charge on any atom is 0.416 e. The summed E-state index contributed by atoms with van der Waals surface area (Å²) in [4.78, 5) is 0.741. The first-order chi connectivity index (χ1) is 6.48. The second-order valence-corrected chi connectivity index (χ2v) is 4.14. The van der Waals surface area contributed by atoms with E-state index in [1.54, 1.807) is 0 Å². The van der Waals surface area contributed by atoms with Gasteiger partial charge in [-0.25, -0.2) is 0 Å². The predicted molar refractivity (Wildman–Crippen MR) is 47.1 cm³/mol. The molecule has 1 aromatic rings. The van der Waals surface area contributed by atoms with E-state index in [9.17, 15) is 18.3 Å². The van der Waals surface area contributed by atoms with E-state index in [0.29, 0.717) is 11.3 Å². The number of alkyl halides is 3. The number of hydrogen-bond donors (Lipinski definition) is 1. The monoisotopic (exact) mass is 220 g/mol. The van der Waals surface area contributed by atoms with Crippen LogP contribution in [0.5, 0.6) is 0 Å². The van der Waals surface area contributed by atoms with E-state index in [1.807, 2.05) is 0 Å². The van der Waals surface area contributed by atoms with Crippen molar-refractivity contribution in [1.29, 1.82) is 0 Å². The molecule has 0 amide bonds. The molecule has 5 heteroatoms. The number of fused-ring (bicyclic) bond motifs is 1. The summed E-state index contributed by atoms with van der Waals surface area (Å²) in [5, 5.41) is 9.38. The topological polar surface area (TPSA) is 20.2 Å². The number of benzene rings is 1. The average Bonchev–Trinajstić information content (AvgIpc) is 2.46. The SMILES string of the molecule is OC1CSc2ccc(C(F)(F)F)cc21. The highest BCUT2D eigenvalue weighted by atomic mass is 32.2. The highest BCUT2D eigenvalue weighted by molar-refractivity contribution is 7.99. The second kappa shape index (κ2) is 3.17. The molecule has 1 heterocycles. The van der Waals surface area contributed by atoms with Crippen molar-refractivity contribution < 1.29 is 18.3 Å². The van der Waals surface area contributed by atoms with Gasteiger partial charge in [0.05, 0.1) is 11.7 Å². The lowest BCUT2D eigenvalue weighted by atomic mass is 10.1. The van der Waals surface area contributed by atoms with Crippen LogP contribution in [-0.4, -0.2) is 10.9 Å². The van der Waals surface area contributed by atoms with Gasteiger partial charge in [0.2, 0.25) is 0 Å². The lowest BCUT2D eigenvalue weighted by molar-refractivity contribution is -0.137. The van der Waals surface area contributed by atoms with Gasteiger partial charge in [0.25, 0.3) is 0 Å². The average molecular weight is 220 g/mol. The van der Waals surface area contributed by atoms with Gasteiger partial charge < -0.3 is 5.11 Å². The van der Waals surface area contributed by atoms with E-state index in [1.165, 1.54) is 17.8 Å². The normalized spacial score (nSPS) is 21.0. The summed E-state index contributed by atoms with van der Waals surface area (Å²) in [6, 6.07) is 3.49. The number of aliphatic hydroxyl groups excluding tert-OH is 1. The first-order valence-corrected chi connectivity index (χ1v) is 4.99. The molecule has 0 saturated heterocycles. The predicted octanol–water partition coefficient (Wildman–Crippen LogP) is 2.84. The number of aliphatic hydroxyl groups is 1. The van der Waals surface area contributed by atoms with Gasteiger partial charge in [-0.3, -0.25) is 0 Å². The van der Waals surface area contributed by atoms with Crippen molar-refractivity contribution in [1.82, 2.24) is 0 Å². The Balaban J connectivity index is 2.45. The second-order valence-electron chi connectivity index (χ2n) is 3.08. The summed E-state index contributed by atoms with van der Waals surface area (Å²) in [6.07, 6.45) is -5.10. The standard InChI is InChI=1S/C9H7F3OS/c10-9(11,12)5-1-2-8-6(3-5)7(13)4-14-8/h1-3,7,13H,4H2. The largest absolute Gasteiger partial charge is 0.416 e. The van der Waals surface area contributed by atoms with Gasteiger partial charge in [0.1, 0.15) is 0 Å². The van der Waals surface area contributed by atoms with Crippen molar-refractivity contribution in [3.05, 3.63) is 29.3 Å².